The zero-order chi connectivity index (χ0) is 92.4. The first-order chi connectivity index (χ1) is 57.8. The van der Waals surface area contributed by atoms with E-state index in [0.29, 0.717) is 43.5 Å². The van der Waals surface area contributed by atoms with E-state index < -0.39 is 112 Å². The van der Waals surface area contributed by atoms with E-state index in [2.05, 4.69) is 52.7 Å². The van der Waals surface area contributed by atoms with Crippen molar-refractivity contribution in [1.29, 1.82) is 15.8 Å². The van der Waals surface area contributed by atoms with Gasteiger partial charge in [-0.05, 0) is 182 Å². The van der Waals surface area contributed by atoms with Crippen LogP contribution in [0.2, 0.25) is 30.1 Å². The molecule has 46 heteroatoms. The highest BCUT2D eigenvalue weighted by Crippen LogP contribution is 2.49. The summed E-state index contributed by atoms with van der Waals surface area (Å²) in [6.07, 6.45) is 2.60. The summed E-state index contributed by atoms with van der Waals surface area (Å²) < 4.78 is 91.3. The number of hydrogen-bond acceptors (Lipinski definition) is 24. The number of carboxylic acid groups (broad SMARTS) is 1. The van der Waals surface area contributed by atoms with Crippen molar-refractivity contribution >= 4 is 203 Å². The lowest BCUT2D eigenvalue weighted by Gasteiger charge is -2.27. The number of isothiocyanates is 1. The number of nitrogens with one attached hydrogen (secondary N) is 3. The number of imidazole rings is 3. The number of aromatic nitrogens is 6. The SMILES string of the molecule is C[C@@]1(Cc2ccc(C#N)cc2)C(=O)N(c2cc(Cl)cc(Cl)c2)c2ncc(S(=O)(=O)Cl)n21.C[C@H](N)C(O)OC(C)(C)C.C[C@H](NS(=O)(=O)c1cnc2n1[C@](C)(Cc1ccc(C#N)cc1)C(=O)N2c1cc(Cl)cc(Cl)c1)C(=O)NCC(N)=O.C[C@H](NS(=O)(=O)c1cnc2n1[C@](C)(Cc1ccc(C#N)cc1)C(=O)N2c1cc(Cl)cc(Cl)c1)C(=O)O.NC(=O)CN=C=S. The maximum atomic E-state index is 14.1. The summed E-state index contributed by atoms with van der Waals surface area (Å²) in [5.41, 5.74) is 14.6. The van der Waals surface area contributed by atoms with Gasteiger partial charge < -0.3 is 37.5 Å². The summed E-state index contributed by atoms with van der Waals surface area (Å²) >= 11 is 41.1. The third kappa shape index (κ3) is 23.2. The van der Waals surface area contributed by atoms with E-state index in [4.69, 9.17) is 117 Å². The van der Waals surface area contributed by atoms with Crippen LogP contribution in [0.25, 0.3) is 0 Å². The van der Waals surface area contributed by atoms with Gasteiger partial charge in [0.2, 0.25) is 35.6 Å². The predicted octanol–water partition coefficient (Wildman–Crippen LogP) is 10.1. The Labute approximate surface area is 751 Å². The van der Waals surface area contributed by atoms with Crippen molar-refractivity contribution in [3.05, 3.63) is 210 Å². The number of hydrogen-bond donors (Lipinski definition) is 8. The number of sulfonamides is 2. The third-order valence-corrected chi connectivity index (χ3v) is 24.0. The first kappa shape index (κ1) is 98.6. The number of carbonyl (C=O) groups excluding carboxylic acids is 6. The van der Waals surface area contributed by atoms with Crippen LogP contribution in [0.5, 0.6) is 0 Å². The lowest BCUT2D eigenvalue weighted by Crippen LogP contribution is -2.48. The van der Waals surface area contributed by atoms with Crippen LogP contribution in [-0.2, 0) is 103 Å². The standard InChI is InChI=1S/C25H23Cl2N7O5S.C23H19Cl2N5O5S.C20H13Cl3N4O3S.C7H17NO2.C3H4N2OS/c1-14(22(36)30-12-20(29)35)32-40(38,39)21-13-31-24-33(19-8-17(26)7-18(27)9-19)23(37)25(2,34(21)24)10-15-3-5-16(11-28)6-4-15;1-13(20(31)32)28-36(34,35)19-12-27-22-29(18-8-16(24)7-17(25)9-18)21(33)23(2,30(19)22)10-14-3-5-15(11-26)6-4-14;1-20(9-12-2-4-13(10-24)5-3-12)18(28)26(16-7-14(21)6-15(22)8-16)19-25-11-17(27(19)20)31(23,29)30;1-5(8)6(9)10-7(2,3)4;4-3(6)1-5-2-7/h3-9,13-14,32H,10,12H2,1-2H3,(H2,29,35)(H,30,36);3-9,12-13,28H,10H2,1-2H3,(H,31,32);2-8,11H,9H2,1H3;5-6,9H,8H2,1-4H3;1H2,(H2,4,6)/t14-,25+;13-,23+;20-;5-,6?;/m0010./s1. The number of halogens is 7. The molecule has 6 aromatic carbocycles. The first-order valence-corrected chi connectivity index (χ1v) is 44.1. The van der Waals surface area contributed by atoms with E-state index in [1.165, 1.54) is 96.8 Å². The Kier molecular flexibility index (Phi) is 31.8. The van der Waals surface area contributed by atoms with Crippen molar-refractivity contribution in [2.75, 3.05) is 27.8 Å². The average Bonchev–Trinajstić information content (AvgIpc) is 1.56. The first-order valence-electron chi connectivity index (χ1n) is 36.1. The van der Waals surface area contributed by atoms with Gasteiger partial charge in [-0.15, -0.1) is 0 Å². The number of fused-ring (bicyclic) bond motifs is 3. The van der Waals surface area contributed by atoms with Crippen molar-refractivity contribution in [3.63, 3.8) is 0 Å². The third-order valence-electron chi connectivity index (χ3n) is 18.3. The Morgan fingerprint density at radius 1 is 0.540 bits per heavy atom. The average molecular weight is 1910 g/mol. The van der Waals surface area contributed by atoms with Gasteiger partial charge in [-0.25, -0.2) is 59.9 Å². The van der Waals surface area contributed by atoms with Crippen LogP contribution in [0, 0.1) is 34.0 Å². The number of benzene rings is 6. The number of nitriles is 3. The zero-order valence-electron chi connectivity index (χ0n) is 66.6. The molecule has 0 fully saturated rings. The molecule has 0 spiro atoms. The van der Waals surface area contributed by atoms with Gasteiger partial charge in [0.15, 0.2) is 21.4 Å². The van der Waals surface area contributed by atoms with Crippen molar-refractivity contribution in [3.8, 4) is 18.2 Å². The van der Waals surface area contributed by atoms with E-state index in [0.717, 1.165) is 24.2 Å². The molecule has 0 aliphatic carbocycles. The lowest BCUT2D eigenvalue weighted by atomic mass is 9.91. The molecule has 12 rings (SSSR count). The molecule has 6 amide bonds. The minimum atomic E-state index is -4.45. The van der Waals surface area contributed by atoms with E-state index in [1.807, 2.05) is 44.1 Å². The molecule has 9 aromatic rings. The summed E-state index contributed by atoms with van der Waals surface area (Å²) in [5, 5.41) is 50.4. The number of carbonyl (C=O) groups is 7. The fraction of sp³-hybridized carbons (Fsp3) is 0.282. The summed E-state index contributed by atoms with van der Waals surface area (Å²) in [6, 6.07) is 36.3. The van der Waals surface area contributed by atoms with Gasteiger partial charge in [0.25, 0.3) is 46.8 Å². The molecule has 0 radical (unpaired) electrons. The Morgan fingerprint density at radius 2 is 0.839 bits per heavy atom. The van der Waals surface area contributed by atoms with Gasteiger partial charge in [-0.3, -0.25) is 47.3 Å². The summed E-state index contributed by atoms with van der Waals surface area (Å²) in [5.74, 6) is -4.81. The number of ether oxygens (including phenoxy) is 1. The molecule has 3 aliphatic rings. The second kappa shape index (κ2) is 40.0. The van der Waals surface area contributed by atoms with Crippen molar-refractivity contribution in [2.45, 2.75) is 143 Å². The van der Waals surface area contributed by atoms with Crippen LogP contribution in [0.15, 0.2) is 166 Å². The molecule has 3 aromatic heterocycles. The fourth-order valence-corrected chi connectivity index (χ4v) is 18.2. The van der Waals surface area contributed by atoms with E-state index >= 15 is 0 Å². The number of aliphatic imine (C=N–C) groups is 1. The normalized spacial score (nSPS) is 17.2. The van der Waals surface area contributed by atoms with Crippen LogP contribution in [-0.4, -0.2) is 154 Å². The van der Waals surface area contributed by atoms with Gasteiger partial charge in [-0.1, -0.05) is 106 Å². The topological polar surface area (TPSA) is 533 Å². The number of thiocarbonyl (C=S) groups is 1. The molecule has 0 bridgehead atoms. The Bertz CT molecular complexity index is 6150. The maximum absolute atomic E-state index is 14.1. The predicted molar refractivity (Wildman–Crippen MR) is 465 cm³/mol. The molecular weight excluding hydrogens is 1840 g/mol. The molecule has 11 N–H and O–H groups in total. The highest BCUT2D eigenvalue weighted by atomic mass is 35.7. The molecular formula is C78H76Cl7N19O16S4. The highest BCUT2D eigenvalue weighted by Gasteiger charge is 2.55. The molecule has 6 heterocycles. The maximum Gasteiger partial charge on any atom is 0.321 e. The molecule has 0 saturated heterocycles. The van der Waals surface area contributed by atoms with Crippen molar-refractivity contribution < 1.29 is 73.8 Å². The monoisotopic (exact) mass is 1910 g/mol. The quantitative estimate of drug-likeness (QED) is 0.0121. The second-order valence-electron chi connectivity index (χ2n) is 29.3. The number of aliphatic hydroxyl groups excluding tert-OH is 1. The number of primary amides is 2. The number of carboxylic acids is 1. The van der Waals surface area contributed by atoms with Crippen molar-refractivity contribution in [2.24, 2.45) is 22.2 Å². The van der Waals surface area contributed by atoms with Gasteiger partial charge in [-0.2, -0.15) is 25.2 Å². The minimum Gasteiger partial charge on any atom is -0.480 e. The second-order valence-corrected chi connectivity index (χ2v) is 37.9. The van der Waals surface area contributed by atoms with Gasteiger partial charge in [0.1, 0.15) is 29.2 Å². The number of aliphatic hydroxyl groups is 1. The van der Waals surface area contributed by atoms with Crippen LogP contribution in [0.1, 0.15) is 95.7 Å². The number of nitrogens with two attached hydrogens (primary N) is 3. The molecule has 0 saturated carbocycles. The van der Waals surface area contributed by atoms with Gasteiger partial charge >= 0.3 is 5.97 Å². The van der Waals surface area contributed by atoms with E-state index in [-0.39, 0.29) is 102 Å². The Hall–Kier alpha value is -10.8. The summed E-state index contributed by atoms with van der Waals surface area (Å²) in [7, 11) is -7.41. The molecule has 35 nitrogen and oxygen atoms in total. The van der Waals surface area contributed by atoms with Crippen LogP contribution < -0.4 is 46.7 Å². The molecule has 652 valence electrons. The fourth-order valence-electron chi connectivity index (χ4n) is 12.7. The molecule has 1 unspecified atom stereocenters. The largest absolute Gasteiger partial charge is 0.480 e. The number of rotatable bonds is 24. The Morgan fingerprint density at radius 3 is 1.08 bits per heavy atom. The van der Waals surface area contributed by atoms with Crippen LogP contribution in [0.4, 0.5) is 34.9 Å². The van der Waals surface area contributed by atoms with E-state index in [1.54, 1.807) is 100 Å². The highest BCUT2D eigenvalue weighted by molar-refractivity contribution is 8.13. The lowest BCUT2D eigenvalue weighted by molar-refractivity contribution is -0.173. The summed E-state index contributed by atoms with van der Waals surface area (Å²) in [4.78, 5) is 106. The Balaban J connectivity index is 0.000000211. The van der Waals surface area contributed by atoms with Crippen LogP contribution in [0.3, 0.4) is 0 Å². The van der Waals surface area contributed by atoms with Crippen LogP contribution >= 0.6 is 92.5 Å². The number of anilines is 6. The van der Waals surface area contributed by atoms with E-state index in [9.17, 15) is 63.9 Å². The zero-order valence-corrected chi connectivity index (χ0v) is 75.2. The molecule has 124 heavy (non-hydrogen) atoms. The molecule has 7 atom stereocenters. The van der Waals surface area contributed by atoms with Gasteiger partial charge in [0, 0.05) is 60.1 Å². The number of nitrogens with zero attached hydrogens (tertiary/aromatic N) is 13. The summed E-state index contributed by atoms with van der Waals surface area (Å²) in [6.45, 7) is 14.0. The van der Waals surface area contributed by atoms with Crippen molar-refractivity contribution in [1.82, 2.24) is 43.4 Å². The van der Waals surface area contributed by atoms with Gasteiger partial charge in [0.05, 0.1) is 99.9 Å². The minimum absolute atomic E-state index is 0.00201. The molecule has 3 aliphatic heterocycles. The smallest absolute Gasteiger partial charge is 0.321 e. The number of amides is 6. The number of aliphatic carboxylic acids is 1.